The zero-order valence-corrected chi connectivity index (χ0v) is 7.87. The number of rotatable bonds is 1. The van der Waals surface area contributed by atoms with Gasteiger partial charge in [0.25, 0.3) is 0 Å². The standard InChI is InChI=1S/C9H7ClFN3/c10-8-3-7(1-2-9(8)11)14-5-6(12)4-13-14/h1-5H,12H2. The first-order valence-electron chi connectivity index (χ1n) is 3.92. The zero-order chi connectivity index (χ0) is 10.1. The third kappa shape index (κ3) is 1.56. The first kappa shape index (κ1) is 9.02. The lowest BCUT2D eigenvalue weighted by atomic mass is 10.3. The van der Waals surface area contributed by atoms with Gasteiger partial charge in [0.1, 0.15) is 5.82 Å². The lowest BCUT2D eigenvalue weighted by molar-refractivity contribution is 0.627. The average Bonchev–Trinajstić information content (AvgIpc) is 2.57. The van der Waals surface area contributed by atoms with Gasteiger partial charge in [0.05, 0.1) is 28.8 Å². The molecule has 5 heteroatoms. The highest BCUT2D eigenvalue weighted by Crippen LogP contribution is 2.18. The molecule has 2 N–H and O–H groups in total. The summed E-state index contributed by atoms with van der Waals surface area (Å²) < 4.78 is 14.4. The lowest BCUT2D eigenvalue weighted by Crippen LogP contribution is -1.94. The van der Waals surface area contributed by atoms with Crippen LogP contribution < -0.4 is 5.73 Å². The SMILES string of the molecule is Nc1cnn(-c2ccc(F)c(Cl)c2)c1. The Labute approximate surface area is 84.9 Å². The Balaban J connectivity index is 2.47. The monoisotopic (exact) mass is 211 g/mol. The molecule has 14 heavy (non-hydrogen) atoms. The lowest BCUT2D eigenvalue weighted by Gasteiger charge is -2.01. The summed E-state index contributed by atoms with van der Waals surface area (Å²) in [5.74, 6) is -0.449. The van der Waals surface area contributed by atoms with Crippen molar-refractivity contribution in [2.24, 2.45) is 0 Å². The summed E-state index contributed by atoms with van der Waals surface area (Å²) in [6, 6.07) is 4.35. The molecule has 0 atom stereocenters. The molecule has 2 aromatic rings. The topological polar surface area (TPSA) is 43.8 Å². The molecule has 0 radical (unpaired) electrons. The van der Waals surface area contributed by atoms with Crippen LogP contribution in [-0.2, 0) is 0 Å². The number of nitrogen functional groups attached to an aromatic ring is 1. The number of aromatic nitrogens is 2. The van der Waals surface area contributed by atoms with E-state index in [1.54, 1.807) is 12.3 Å². The molecule has 0 fully saturated rings. The van der Waals surface area contributed by atoms with Crippen LogP contribution in [0.1, 0.15) is 0 Å². The first-order chi connectivity index (χ1) is 6.66. The molecule has 0 aliphatic heterocycles. The molecule has 0 saturated carbocycles. The van der Waals surface area contributed by atoms with Gasteiger partial charge in [0.15, 0.2) is 0 Å². The molecule has 1 aromatic carbocycles. The molecule has 72 valence electrons. The molecule has 0 unspecified atom stereocenters. The van der Waals surface area contributed by atoms with Gasteiger partial charge in [-0.3, -0.25) is 0 Å². The van der Waals surface area contributed by atoms with Crippen LogP contribution in [0.5, 0.6) is 0 Å². The molecule has 1 aromatic heterocycles. The Morgan fingerprint density at radius 3 is 2.79 bits per heavy atom. The van der Waals surface area contributed by atoms with E-state index < -0.39 is 5.82 Å². The summed E-state index contributed by atoms with van der Waals surface area (Å²) in [5.41, 5.74) is 6.71. The number of benzene rings is 1. The summed E-state index contributed by atoms with van der Waals surface area (Å²) in [6.07, 6.45) is 3.14. The molecular formula is C9H7ClFN3. The van der Waals surface area contributed by atoms with Crippen molar-refractivity contribution in [3.05, 3.63) is 41.4 Å². The van der Waals surface area contributed by atoms with Crippen molar-refractivity contribution in [3.8, 4) is 5.69 Å². The van der Waals surface area contributed by atoms with Crippen LogP contribution >= 0.6 is 11.6 Å². The van der Waals surface area contributed by atoms with Gasteiger partial charge in [0, 0.05) is 0 Å². The summed E-state index contributed by atoms with van der Waals surface area (Å²) in [7, 11) is 0. The Morgan fingerprint density at radius 2 is 2.21 bits per heavy atom. The van der Waals surface area contributed by atoms with E-state index in [-0.39, 0.29) is 5.02 Å². The van der Waals surface area contributed by atoms with Crippen LogP contribution in [0.2, 0.25) is 5.02 Å². The van der Waals surface area contributed by atoms with Crippen LogP contribution in [-0.4, -0.2) is 9.78 Å². The maximum absolute atomic E-state index is 12.8. The van der Waals surface area contributed by atoms with Crippen molar-refractivity contribution in [1.82, 2.24) is 9.78 Å². The van der Waals surface area contributed by atoms with Crippen LogP contribution in [0.4, 0.5) is 10.1 Å². The highest BCUT2D eigenvalue weighted by Gasteiger charge is 2.03. The largest absolute Gasteiger partial charge is 0.396 e. The van der Waals surface area contributed by atoms with Gasteiger partial charge in [-0.15, -0.1) is 0 Å². The second-order valence-electron chi connectivity index (χ2n) is 2.82. The van der Waals surface area contributed by atoms with E-state index in [9.17, 15) is 4.39 Å². The molecule has 0 spiro atoms. The van der Waals surface area contributed by atoms with Crippen LogP contribution in [0.15, 0.2) is 30.6 Å². The molecule has 2 rings (SSSR count). The van der Waals surface area contributed by atoms with Gasteiger partial charge in [-0.1, -0.05) is 11.6 Å². The van der Waals surface area contributed by atoms with Gasteiger partial charge in [0.2, 0.25) is 0 Å². The quantitative estimate of drug-likeness (QED) is 0.786. The van der Waals surface area contributed by atoms with Crippen molar-refractivity contribution in [1.29, 1.82) is 0 Å². The fraction of sp³-hybridized carbons (Fsp3) is 0. The maximum Gasteiger partial charge on any atom is 0.141 e. The van der Waals surface area contributed by atoms with Crippen molar-refractivity contribution >= 4 is 17.3 Å². The van der Waals surface area contributed by atoms with Gasteiger partial charge in [-0.05, 0) is 18.2 Å². The summed E-state index contributed by atoms with van der Waals surface area (Å²) >= 11 is 5.62. The van der Waals surface area contributed by atoms with E-state index in [4.69, 9.17) is 17.3 Å². The van der Waals surface area contributed by atoms with Crippen molar-refractivity contribution in [2.75, 3.05) is 5.73 Å². The molecule has 0 aliphatic carbocycles. The highest BCUT2D eigenvalue weighted by molar-refractivity contribution is 6.30. The van der Waals surface area contributed by atoms with Crippen molar-refractivity contribution < 1.29 is 4.39 Å². The predicted molar refractivity (Wildman–Crippen MR) is 52.9 cm³/mol. The highest BCUT2D eigenvalue weighted by atomic mass is 35.5. The molecule has 0 saturated heterocycles. The minimum absolute atomic E-state index is 0.0663. The number of anilines is 1. The average molecular weight is 212 g/mol. The van der Waals surface area contributed by atoms with Crippen molar-refractivity contribution in [2.45, 2.75) is 0 Å². The van der Waals surface area contributed by atoms with Gasteiger partial charge < -0.3 is 5.73 Å². The van der Waals surface area contributed by atoms with E-state index in [0.717, 1.165) is 0 Å². The second-order valence-corrected chi connectivity index (χ2v) is 3.22. The second kappa shape index (κ2) is 3.31. The zero-order valence-electron chi connectivity index (χ0n) is 7.11. The molecule has 0 aliphatic rings. The smallest absolute Gasteiger partial charge is 0.141 e. The molecule has 3 nitrogen and oxygen atoms in total. The van der Waals surface area contributed by atoms with Gasteiger partial charge in [-0.2, -0.15) is 5.10 Å². The van der Waals surface area contributed by atoms with E-state index in [1.165, 1.54) is 23.0 Å². The molecule has 1 heterocycles. The number of nitrogens with zero attached hydrogens (tertiary/aromatic N) is 2. The Bertz CT molecular complexity index is 467. The van der Waals surface area contributed by atoms with Crippen LogP contribution in [0.25, 0.3) is 5.69 Å². The Morgan fingerprint density at radius 1 is 1.43 bits per heavy atom. The van der Waals surface area contributed by atoms with Crippen LogP contribution in [0, 0.1) is 5.82 Å². The van der Waals surface area contributed by atoms with Crippen molar-refractivity contribution in [3.63, 3.8) is 0 Å². The number of halogens is 2. The third-order valence-electron chi connectivity index (χ3n) is 1.77. The molecule has 0 amide bonds. The Kier molecular flexibility index (Phi) is 2.13. The normalized spacial score (nSPS) is 10.4. The molecule has 0 bridgehead atoms. The van der Waals surface area contributed by atoms with Gasteiger partial charge in [-0.25, -0.2) is 9.07 Å². The maximum atomic E-state index is 12.8. The Hall–Kier alpha value is -1.55. The van der Waals surface area contributed by atoms with Crippen LogP contribution in [0.3, 0.4) is 0 Å². The number of nitrogens with two attached hydrogens (primary N) is 1. The minimum Gasteiger partial charge on any atom is -0.396 e. The summed E-state index contributed by atoms with van der Waals surface area (Å²) in [4.78, 5) is 0. The first-order valence-corrected chi connectivity index (χ1v) is 4.30. The predicted octanol–water partition coefficient (Wildman–Crippen LogP) is 2.25. The third-order valence-corrected chi connectivity index (χ3v) is 2.06. The van der Waals surface area contributed by atoms with Gasteiger partial charge >= 0.3 is 0 Å². The number of hydrogen-bond acceptors (Lipinski definition) is 2. The fourth-order valence-corrected chi connectivity index (χ4v) is 1.28. The van der Waals surface area contributed by atoms with E-state index >= 15 is 0 Å². The van der Waals surface area contributed by atoms with E-state index in [1.807, 2.05) is 0 Å². The fourth-order valence-electron chi connectivity index (χ4n) is 1.11. The van der Waals surface area contributed by atoms with E-state index in [0.29, 0.717) is 11.4 Å². The molecular weight excluding hydrogens is 205 g/mol. The minimum atomic E-state index is -0.449. The summed E-state index contributed by atoms with van der Waals surface area (Å²) in [5, 5.41) is 4.03. The van der Waals surface area contributed by atoms with E-state index in [2.05, 4.69) is 5.10 Å². The number of hydrogen-bond donors (Lipinski definition) is 1. The summed E-state index contributed by atoms with van der Waals surface area (Å²) in [6.45, 7) is 0.